The van der Waals surface area contributed by atoms with Crippen molar-refractivity contribution in [1.29, 1.82) is 0 Å². The average Bonchev–Trinajstić information content (AvgIpc) is 2.48. The van der Waals surface area contributed by atoms with Crippen molar-refractivity contribution in [2.75, 3.05) is 18.4 Å². The summed E-state index contributed by atoms with van der Waals surface area (Å²) in [5.41, 5.74) is 6.08. The number of amides is 2. The molecule has 1 aliphatic heterocycles. The fraction of sp³-hybridized carbons (Fsp3) is 0.467. The van der Waals surface area contributed by atoms with Crippen LogP contribution >= 0.6 is 0 Å². The van der Waals surface area contributed by atoms with Crippen molar-refractivity contribution in [3.05, 3.63) is 29.6 Å². The van der Waals surface area contributed by atoms with E-state index in [0.717, 1.165) is 19.3 Å². The lowest BCUT2D eigenvalue weighted by Crippen LogP contribution is -2.47. The molecule has 6 heteroatoms. The van der Waals surface area contributed by atoms with Gasteiger partial charge < -0.3 is 16.0 Å². The van der Waals surface area contributed by atoms with Gasteiger partial charge in [-0.1, -0.05) is 0 Å². The van der Waals surface area contributed by atoms with E-state index in [1.807, 2.05) is 0 Å². The minimum absolute atomic E-state index is 0.0263. The first-order valence-corrected chi connectivity index (χ1v) is 7.11. The molecule has 1 atom stereocenters. The minimum Gasteiger partial charge on any atom is -0.334 e. The topological polar surface area (TPSA) is 75.4 Å². The van der Waals surface area contributed by atoms with E-state index >= 15 is 0 Å². The van der Waals surface area contributed by atoms with Crippen LogP contribution in [0.4, 0.5) is 10.1 Å². The highest BCUT2D eigenvalue weighted by atomic mass is 19.1. The first-order valence-electron chi connectivity index (χ1n) is 7.11. The maximum atomic E-state index is 14.0. The molecule has 1 heterocycles. The maximum absolute atomic E-state index is 14.0. The molecule has 21 heavy (non-hydrogen) atoms. The van der Waals surface area contributed by atoms with E-state index in [2.05, 4.69) is 5.32 Å². The molecule has 0 aromatic heterocycles. The molecule has 1 fully saturated rings. The number of carbonyl (C=O) groups excluding carboxylic acids is 2. The monoisotopic (exact) mass is 293 g/mol. The summed E-state index contributed by atoms with van der Waals surface area (Å²) in [5.74, 6) is -1.22. The SMILES string of the molecule is CC(=O)Nc1ccc(F)c(C(=O)N2CCCCC2CN)c1. The second kappa shape index (κ2) is 6.67. The number of piperidine rings is 1. The van der Waals surface area contributed by atoms with Crippen LogP contribution in [0.1, 0.15) is 36.5 Å². The van der Waals surface area contributed by atoms with Gasteiger partial charge in [0.2, 0.25) is 5.91 Å². The van der Waals surface area contributed by atoms with E-state index < -0.39 is 5.82 Å². The lowest BCUT2D eigenvalue weighted by Gasteiger charge is -2.35. The number of nitrogens with one attached hydrogen (secondary N) is 1. The summed E-state index contributed by atoms with van der Waals surface area (Å²) in [4.78, 5) is 25.2. The van der Waals surface area contributed by atoms with Crippen LogP contribution in [0.3, 0.4) is 0 Å². The van der Waals surface area contributed by atoms with E-state index in [1.165, 1.54) is 25.1 Å². The Bertz CT molecular complexity index is 548. The van der Waals surface area contributed by atoms with Gasteiger partial charge >= 0.3 is 0 Å². The fourth-order valence-corrected chi connectivity index (χ4v) is 2.64. The number of likely N-dealkylation sites (tertiary alicyclic amines) is 1. The first-order chi connectivity index (χ1) is 10.0. The molecule has 1 aromatic rings. The third-order valence-corrected chi connectivity index (χ3v) is 3.68. The molecule has 1 aromatic carbocycles. The molecule has 2 amide bonds. The molecule has 5 nitrogen and oxygen atoms in total. The largest absolute Gasteiger partial charge is 0.334 e. The molecule has 0 spiro atoms. The average molecular weight is 293 g/mol. The minimum atomic E-state index is -0.588. The molecule has 114 valence electrons. The van der Waals surface area contributed by atoms with Gasteiger partial charge in [0.15, 0.2) is 0 Å². The van der Waals surface area contributed by atoms with Gasteiger partial charge in [0, 0.05) is 31.7 Å². The van der Waals surface area contributed by atoms with E-state index in [0.29, 0.717) is 18.8 Å². The van der Waals surface area contributed by atoms with Crippen LogP contribution in [0.5, 0.6) is 0 Å². The molecule has 0 bridgehead atoms. The fourth-order valence-electron chi connectivity index (χ4n) is 2.64. The molecule has 0 aliphatic carbocycles. The predicted molar refractivity (Wildman–Crippen MR) is 78.4 cm³/mol. The van der Waals surface area contributed by atoms with Crippen molar-refractivity contribution in [3.8, 4) is 0 Å². The Morgan fingerprint density at radius 2 is 2.19 bits per heavy atom. The standard InChI is InChI=1S/C15H20FN3O2/c1-10(20)18-11-5-6-14(16)13(8-11)15(21)19-7-3-2-4-12(19)9-17/h5-6,8,12H,2-4,7,9,17H2,1H3,(H,18,20). The van der Waals surface area contributed by atoms with Gasteiger partial charge in [-0.2, -0.15) is 0 Å². The summed E-state index contributed by atoms with van der Waals surface area (Å²) < 4.78 is 14.0. The first kappa shape index (κ1) is 15.4. The number of rotatable bonds is 3. The molecular weight excluding hydrogens is 273 g/mol. The lowest BCUT2D eigenvalue weighted by atomic mass is 10.0. The number of benzene rings is 1. The van der Waals surface area contributed by atoms with Crippen LogP contribution < -0.4 is 11.1 Å². The van der Waals surface area contributed by atoms with E-state index in [1.54, 1.807) is 4.90 Å². The molecule has 0 radical (unpaired) electrons. The Kier molecular flexibility index (Phi) is 4.90. The van der Waals surface area contributed by atoms with Crippen LogP contribution in [0.25, 0.3) is 0 Å². The molecule has 1 saturated heterocycles. The number of nitrogens with zero attached hydrogens (tertiary/aromatic N) is 1. The number of anilines is 1. The summed E-state index contributed by atoms with van der Waals surface area (Å²) in [5, 5.41) is 2.55. The Morgan fingerprint density at radius 3 is 2.86 bits per heavy atom. The van der Waals surface area contributed by atoms with E-state index in [-0.39, 0.29) is 23.4 Å². The van der Waals surface area contributed by atoms with Crippen molar-refractivity contribution in [1.82, 2.24) is 4.90 Å². The highest BCUT2D eigenvalue weighted by molar-refractivity contribution is 5.97. The van der Waals surface area contributed by atoms with Gasteiger partial charge in [0.05, 0.1) is 5.56 Å². The number of nitrogens with two attached hydrogens (primary N) is 1. The van der Waals surface area contributed by atoms with Crippen molar-refractivity contribution in [2.45, 2.75) is 32.2 Å². The van der Waals surface area contributed by atoms with Crippen molar-refractivity contribution < 1.29 is 14.0 Å². The second-order valence-corrected chi connectivity index (χ2v) is 5.26. The van der Waals surface area contributed by atoms with E-state index in [9.17, 15) is 14.0 Å². The van der Waals surface area contributed by atoms with Gasteiger partial charge in [-0.25, -0.2) is 4.39 Å². The number of carbonyl (C=O) groups is 2. The second-order valence-electron chi connectivity index (χ2n) is 5.26. The van der Waals surface area contributed by atoms with Crippen LogP contribution in [0.2, 0.25) is 0 Å². The Morgan fingerprint density at radius 1 is 1.43 bits per heavy atom. The molecular formula is C15H20FN3O2. The highest BCUT2D eigenvalue weighted by Gasteiger charge is 2.28. The molecule has 1 aliphatic rings. The molecule has 3 N–H and O–H groups in total. The third kappa shape index (κ3) is 3.58. The van der Waals surface area contributed by atoms with Gasteiger partial charge in [0.25, 0.3) is 5.91 Å². The Labute approximate surface area is 123 Å². The number of hydrogen-bond donors (Lipinski definition) is 2. The lowest BCUT2D eigenvalue weighted by molar-refractivity contribution is -0.114. The Hall–Kier alpha value is -1.95. The van der Waals surface area contributed by atoms with Crippen molar-refractivity contribution >= 4 is 17.5 Å². The summed E-state index contributed by atoms with van der Waals surface area (Å²) in [7, 11) is 0. The van der Waals surface area contributed by atoms with Crippen LogP contribution in [-0.2, 0) is 4.79 Å². The summed E-state index contributed by atoms with van der Waals surface area (Å²) >= 11 is 0. The molecule has 0 saturated carbocycles. The van der Waals surface area contributed by atoms with E-state index in [4.69, 9.17) is 5.73 Å². The zero-order valence-corrected chi connectivity index (χ0v) is 12.1. The number of halogens is 1. The van der Waals surface area contributed by atoms with Gasteiger partial charge in [-0.15, -0.1) is 0 Å². The van der Waals surface area contributed by atoms with Gasteiger partial charge in [0.1, 0.15) is 5.82 Å². The zero-order chi connectivity index (χ0) is 15.4. The Balaban J connectivity index is 2.26. The smallest absolute Gasteiger partial charge is 0.257 e. The van der Waals surface area contributed by atoms with Crippen LogP contribution in [-0.4, -0.2) is 35.8 Å². The van der Waals surface area contributed by atoms with Gasteiger partial charge in [-0.3, -0.25) is 9.59 Å². The molecule has 2 rings (SSSR count). The zero-order valence-electron chi connectivity index (χ0n) is 12.1. The highest BCUT2D eigenvalue weighted by Crippen LogP contribution is 2.22. The summed E-state index contributed by atoms with van der Waals surface area (Å²) in [6, 6.07) is 3.96. The summed E-state index contributed by atoms with van der Waals surface area (Å²) in [6.45, 7) is 2.32. The third-order valence-electron chi connectivity index (χ3n) is 3.68. The number of hydrogen-bond acceptors (Lipinski definition) is 3. The predicted octanol–water partition coefficient (Wildman–Crippen LogP) is 1.74. The maximum Gasteiger partial charge on any atom is 0.257 e. The summed E-state index contributed by atoms with van der Waals surface area (Å²) in [6.07, 6.45) is 2.77. The molecule has 1 unspecified atom stereocenters. The van der Waals surface area contributed by atoms with Crippen LogP contribution in [0, 0.1) is 5.82 Å². The van der Waals surface area contributed by atoms with Crippen molar-refractivity contribution in [3.63, 3.8) is 0 Å². The van der Waals surface area contributed by atoms with Gasteiger partial charge in [-0.05, 0) is 37.5 Å². The van der Waals surface area contributed by atoms with Crippen molar-refractivity contribution in [2.24, 2.45) is 5.73 Å². The quantitative estimate of drug-likeness (QED) is 0.891. The van der Waals surface area contributed by atoms with Crippen LogP contribution in [0.15, 0.2) is 18.2 Å². The normalized spacial score (nSPS) is 18.4.